The van der Waals surface area contributed by atoms with Crippen LogP contribution in [-0.4, -0.2) is 19.2 Å². The normalized spacial score (nSPS) is 9.20. The Morgan fingerprint density at radius 3 is 2.67 bits per heavy atom. The SMILES string of the molecule is COC(=O)Oc1cccc(NC(C)=O)c1. The van der Waals surface area contributed by atoms with E-state index in [2.05, 4.69) is 10.1 Å². The van der Waals surface area contributed by atoms with Crippen molar-refractivity contribution in [2.45, 2.75) is 6.92 Å². The van der Waals surface area contributed by atoms with E-state index >= 15 is 0 Å². The van der Waals surface area contributed by atoms with Gasteiger partial charge in [-0.25, -0.2) is 4.79 Å². The second-order valence-electron chi connectivity index (χ2n) is 2.77. The Labute approximate surface area is 87.0 Å². The number of methoxy groups -OCH3 is 1. The van der Waals surface area contributed by atoms with Crippen LogP contribution in [0.4, 0.5) is 10.5 Å². The summed E-state index contributed by atoms with van der Waals surface area (Å²) in [5, 5.41) is 2.57. The summed E-state index contributed by atoms with van der Waals surface area (Å²) in [5.74, 6) is 0.123. The van der Waals surface area contributed by atoms with Crippen molar-refractivity contribution in [3.63, 3.8) is 0 Å². The number of amides is 1. The van der Waals surface area contributed by atoms with Crippen molar-refractivity contribution in [1.82, 2.24) is 0 Å². The van der Waals surface area contributed by atoms with Crippen LogP contribution >= 0.6 is 0 Å². The van der Waals surface area contributed by atoms with Crippen molar-refractivity contribution in [2.24, 2.45) is 0 Å². The number of hydrogen-bond acceptors (Lipinski definition) is 4. The molecule has 1 aromatic rings. The molecule has 0 fully saturated rings. The topological polar surface area (TPSA) is 64.6 Å². The molecule has 5 nitrogen and oxygen atoms in total. The zero-order valence-electron chi connectivity index (χ0n) is 8.44. The molecule has 15 heavy (non-hydrogen) atoms. The quantitative estimate of drug-likeness (QED) is 0.595. The van der Waals surface area contributed by atoms with Crippen LogP contribution in [0.25, 0.3) is 0 Å². The summed E-state index contributed by atoms with van der Waals surface area (Å²) in [6.07, 6.45) is -0.796. The fourth-order valence-electron chi connectivity index (χ4n) is 0.978. The third-order valence-electron chi connectivity index (χ3n) is 1.52. The van der Waals surface area contributed by atoms with Crippen LogP contribution in [0, 0.1) is 0 Å². The predicted octanol–water partition coefficient (Wildman–Crippen LogP) is 1.79. The number of anilines is 1. The molecule has 0 heterocycles. The Kier molecular flexibility index (Phi) is 3.68. The molecule has 0 unspecified atom stereocenters. The predicted molar refractivity (Wildman–Crippen MR) is 53.8 cm³/mol. The molecule has 0 aliphatic carbocycles. The Bertz CT molecular complexity index is 375. The fraction of sp³-hybridized carbons (Fsp3) is 0.200. The van der Waals surface area contributed by atoms with Gasteiger partial charge in [-0.05, 0) is 12.1 Å². The van der Waals surface area contributed by atoms with Gasteiger partial charge in [0.2, 0.25) is 5.91 Å². The van der Waals surface area contributed by atoms with E-state index in [-0.39, 0.29) is 5.91 Å². The van der Waals surface area contributed by atoms with Crippen molar-refractivity contribution in [1.29, 1.82) is 0 Å². The molecule has 0 radical (unpaired) electrons. The van der Waals surface area contributed by atoms with E-state index in [4.69, 9.17) is 4.74 Å². The lowest BCUT2D eigenvalue weighted by Crippen LogP contribution is -2.08. The van der Waals surface area contributed by atoms with Gasteiger partial charge in [0, 0.05) is 18.7 Å². The first-order valence-electron chi connectivity index (χ1n) is 4.25. The Balaban J connectivity index is 2.74. The van der Waals surface area contributed by atoms with Crippen molar-refractivity contribution in [3.05, 3.63) is 24.3 Å². The molecular formula is C10H11NO4. The van der Waals surface area contributed by atoms with E-state index in [1.54, 1.807) is 18.2 Å². The third-order valence-corrected chi connectivity index (χ3v) is 1.52. The molecule has 0 bridgehead atoms. The molecule has 1 aromatic carbocycles. The van der Waals surface area contributed by atoms with E-state index in [0.29, 0.717) is 11.4 Å². The largest absolute Gasteiger partial charge is 0.513 e. The zero-order chi connectivity index (χ0) is 11.3. The molecule has 0 saturated heterocycles. The van der Waals surface area contributed by atoms with Gasteiger partial charge in [0.1, 0.15) is 5.75 Å². The molecule has 1 rings (SSSR count). The second kappa shape index (κ2) is 4.99. The summed E-state index contributed by atoms with van der Waals surface area (Å²) in [6.45, 7) is 1.40. The minimum absolute atomic E-state index is 0.190. The Morgan fingerprint density at radius 2 is 2.07 bits per heavy atom. The van der Waals surface area contributed by atoms with Gasteiger partial charge in [-0.15, -0.1) is 0 Å². The average Bonchev–Trinajstić information content (AvgIpc) is 2.17. The first kappa shape index (κ1) is 11.0. The smallest absolute Gasteiger partial charge is 0.437 e. The number of ether oxygens (including phenoxy) is 2. The molecule has 0 aliphatic rings. The molecule has 80 valence electrons. The summed E-state index contributed by atoms with van der Waals surface area (Å²) in [4.78, 5) is 21.5. The number of carbonyl (C=O) groups excluding carboxylic acids is 2. The minimum Gasteiger partial charge on any atom is -0.437 e. The molecule has 5 heteroatoms. The van der Waals surface area contributed by atoms with Crippen molar-refractivity contribution >= 4 is 17.7 Å². The van der Waals surface area contributed by atoms with Crippen LogP contribution in [0.2, 0.25) is 0 Å². The van der Waals surface area contributed by atoms with Crippen molar-refractivity contribution < 1.29 is 19.1 Å². The van der Waals surface area contributed by atoms with Crippen molar-refractivity contribution in [2.75, 3.05) is 12.4 Å². The highest BCUT2D eigenvalue weighted by molar-refractivity contribution is 5.88. The van der Waals surface area contributed by atoms with Gasteiger partial charge >= 0.3 is 6.16 Å². The van der Waals surface area contributed by atoms with Crippen LogP contribution in [0.3, 0.4) is 0 Å². The molecule has 0 aromatic heterocycles. The van der Waals surface area contributed by atoms with E-state index in [1.807, 2.05) is 0 Å². The Morgan fingerprint density at radius 1 is 1.33 bits per heavy atom. The molecular weight excluding hydrogens is 198 g/mol. The van der Waals surface area contributed by atoms with Gasteiger partial charge in [0.05, 0.1) is 7.11 Å². The zero-order valence-corrected chi connectivity index (χ0v) is 8.44. The summed E-state index contributed by atoms with van der Waals surface area (Å²) < 4.78 is 9.10. The number of benzene rings is 1. The van der Waals surface area contributed by atoms with Gasteiger partial charge in [-0.3, -0.25) is 4.79 Å². The first-order chi connectivity index (χ1) is 7.11. The summed E-state index contributed by atoms with van der Waals surface area (Å²) in [5.41, 5.74) is 0.559. The summed E-state index contributed by atoms with van der Waals surface area (Å²) >= 11 is 0. The lowest BCUT2D eigenvalue weighted by molar-refractivity contribution is -0.114. The maximum atomic E-state index is 10.8. The molecule has 0 aliphatic heterocycles. The molecule has 0 saturated carbocycles. The molecule has 1 N–H and O–H groups in total. The Hall–Kier alpha value is -2.04. The van der Waals surface area contributed by atoms with E-state index in [1.165, 1.54) is 20.1 Å². The number of rotatable bonds is 2. The maximum Gasteiger partial charge on any atom is 0.513 e. The lowest BCUT2D eigenvalue weighted by Gasteiger charge is -2.05. The maximum absolute atomic E-state index is 10.8. The van der Waals surface area contributed by atoms with Crippen LogP contribution in [0.5, 0.6) is 5.75 Å². The average molecular weight is 209 g/mol. The van der Waals surface area contributed by atoms with Crippen LogP contribution in [-0.2, 0) is 9.53 Å². The van der Waals surface area contributed by atoms with E-state index in [0.717, 1.165) is 0 Å². The van der Waals surface area contributed by atoms with Crippen LogP contribution in [0.15, 0.2) is 24.3 Å². The van der Waals surface area contributed by atoms with Gasteiger partial charge in [-0.1, -0.05) is 6.07 Å². The van der Waals surface area contributed by atoms with Crippen LogP contribution in [0.1, 0.15) is 6.92 Å². The van der Waals surface area contributed by atoms with Crippen LogP contribution < -0.4 is 10.1 Å². The fourth-order valence-corrected chi connectivity index (χ4v) is 0.978. The van der Waals surface area contributed by atoms with Gasteiger partial charge in [0.25, 0.3) is 0 Å². The molecule has 1 amide bonds. The van der Waals surface area contributed by atoms with Crippen molar-refractivity contribution in [3.8, 4) is 5.75 Å². The summed E-state index contributed by atoms with van der Waals surface area (Å²) in [7, 11) is 1.22. The highest BCUT2D eigenvalue weighted by Crippen LogP contribution is 2.17. The van der Waals surface area contributed by atoms with E-state index in [9.17, 15) is 9.59 Å². The molecule has 0 atom stereocenters. The van der Waals surface area contributed by atoms with Gasteiger partial charge < -0.3 is 14.8 Å². The third kappa shape index (κ3) is 3.68. The van der Waals surface area contributed by atoms with Gasteiger partial charge in [0.15, 0.2) is 0 Å². The molecule has 0 spiro atoms. The minimum atomic E-state index is -0.796. The second-order valence-corrected chi connectivity index (χ2v) is 2.77. The highest BCUT2D eigenvalue weighted by atomic mass is 16.7. The first-order valence-corrected chi connectivity index (χ1v) is 4.25. The number of carbonyl (C=O) groups is 2. The number of hydrogen-bond donors (Lipinski definition) is 1. The summed E-state index contributed by atoms with van der Waals surface area (Å²) in [6, 6.07) is 6.45. The standard InChI is InChI=1S/C10H11NO4/c1-7(12)11-8-4-3-5-9(6-8)15-10(13)14-2/h3-6H,1-2H3,(H,11,12). The number of nitrogens with one attached hydrogen (secondary N) is 1. The lowest BCUT2D eigenvalue weighted by atomic mass is 10.3. The highest BCUT2D eigenvalue weighted by Gasteiger charge is 2.04. The van der Waals surface area contributed by atoms with Gasteiger partial charge in [-0.2, -0.15) is 0 Å². The monoisotopic (exact) mass is 209 g/mol. The van der Waals surface area contributed by atoms with E-state index < -0.39 is 6.16 Å².